The zero-order valence-electron chi connectivity index (χ0n) is 10.4. The minimum atomic E-state index is -1.39. The molecule has 1 unspecified atom stereocenters. The lowest BCUT2D eigenvalue weighted by molar-refractivity contribution is -0.142. The Hall–Kier alpha value is -2.36. The summed E-state index contributed by atoms with van der Waals surface area (Å²) in [5.41, 5.74) is -0.661. The standard InChI is InChI=1S/C15H14FNO2/c1-15(14(18)19,11-7-3-2-4-8-11)17-13-10-6-5-9-12(13)16/h2-10,17H,1H3,(H,18,19). The molecule has 0 bridgehead atoms. The third kappa shape index (κ3) is 2.57. The van der Waals surface area contributed by atoms with E-state index in [4.69, 9.17) is 0 Å². The van der Waals surface area contributed by atoms with E-state index in [1.165, 1.54) is 19.1 Å². The van der Waals surface area contributed by atoms with E-state index in [1.54, 1.807) is 42.5 Å². The van der Waals surface area contributed by atoms with Gasteiger partial charge in [-0.15, -0.1) is 0 Å². The van der Waals surface area contributed by atoms with Gasteiger partial charge in [-0.25, -0.2) is 9.18 Å². The van der Waals surface area contributed by atoms with Crippen LogP contribution in [-0.2, 0) is 10.3 Å². The van der Waals surface area contributed by atoms with Crippen LogP contribution in [0.15, 0.2) is 54.6 Å². The van der Waals surface area contributed by atoms with Crippen LogP contribution in [-0.4, -0.2) is 11.1 Å². The average molecular weight is 259 g/mol. The van der Waals surface area contributed by atoms with Gasteiger partial charge in [0.25, 0.3) is 0 Å². The molecule has 98 valence electrons. The summed E-state index contributed by atoms with van der Waals surface area (Å²) in [4.78, 5) is 11.6. The highest BCUT2D eigenvalue weighted by atomic mass is 19.1. The lowest BCUT2D eigenvalue weighted by atomic mass is 9.91. The number of nitrogens with one attached hydrogen (secondary N) is 1. The Bertz CT molecular complexity index is 586. The van der Waals surface area contributed by atoms with Crippen LogP contribution in [0.3, 0.4) is 0 Å². The lowest BCUT2D eigenvalue weighted by Gasteiger charge is -2.28. The van der Waals surface area contributed by atoms with E-state index < -0.39 is 17.3 Å². The van der Waals surface area contributed by atoms with Gasteiger partial charge in [-0.1, -0.05) is 42.5 Å². The van der Waals surface area contributed by atoms with Crippen molar-refractivity contribution in [3.63, 3.8) is 0 Å². The lowest BCUT2D eigenvalue weighted by Crippen LogP contribution is -2.40. The Morgan fingerprint density at radius 3 is 2.26 bits per heavy atom. The molecule has 2 aromatic rings. The fourth-order valence-electron chi connectivity index (χ4n) is 1.85. The molecule has 2 rings (SSSR count). The van der Waals surface area contributed by atoms with Crippen LogP contribution in [0.5, 0.6) is 0 Å². The van der Waals surface area contributed by atoms with Crippen molar-refractivity contribution in [3.05, 3.63) is 66.0 Å². The van der Waals surface area contributed by atoms with Gasteiger partial charge in [0.15, 0.2) is 5.54 Å². The molecule has 0 saturated carbocycles. The summed E-state index contributed by atoms with van der Waals surface area (Å²) in [6.07, 6.45) is 0. The van der Waals surface area contributed by atoms with Crippen molar-refractivity contribution in [3.8, 4) is 0 Å². The Morgan fingerprint density at radius 2 is 1.68 bits per heavy atom. The van der Waals surface area contributed by atoms with Crippen molar-refractivity contribution in [2.75, 3.05) is 5.32 Å². The Labute approximate surface area is 110 Å². The number of aliphatic carboxylic acids is 1. The number of rotatable bonds is 4. The van der Waals surface area contributed by atoms with Gasteiger partial charge in [-0.3, -0.25) is 0 Å². The fourth-order valence-corrected chi connectivity index (χ4v) is 1.85. The number of anilines is 1. The Kier molecular flexibility index (Phi) is 3.51. The third-order valence-electron chi connectivity index (χ3n) is 3.04. The van der Waals surface area contributed by atoms with E-state index in [0.29, 0.717) is 5.56 Å². The second-order valence-electron chi connectivity index (χ2n) is 4.40. The number of hydrogen-bond acceptors (Lipinski definition) is 2. The van der Waals surface area contributed by atoms with Crippen molar-refractivity contribution >= 4 is 11.7 Å². The molecular formula is C15H14FNO2. The average Bonchev–Trinajstić information content (AvgIpc) is 2.42. The second-order valence-corrected chi connectivity index (χ2v) is 4.40. The normalized spacial score (nSPS) is 13.6. The van der Waals surface area contributed by atoms with Crippen molar-refractivity contribution in [1.82, 2.24) is 0 Å². The van der Waals surface area contributed by atoms with Crippen LogP contribution in [0.25, 0.3) is 0 Å². The smallest absolute Gasteiger partial charge is 0.333 e. The number of hydrogen-bond donors (Lipinski definition) is 2. The molecule has 0 spiro atoms. The van der Waals surface area contributed by atoms with Crippen molar-refractivity contribution < 1.29 is 14.3 Å². The molecule has 0 heterocycles. The van der Waals surface area contributed by atoms with E-state index in [9.17, 15) is 14.3 Å². The molecule has 0 aliphatic rings. The predicted molar refractivity (Wildman–Crippen MR) is 71.5 cm³/mol. The molecule has 1 atom stereocenters. The number of carbonyl (C=O) groups is 1. The second kappa shape index (κ2) is 5.10. The third-order valence-corrected chi connectivity index (χ3v) is 3.04. The highest BCUT2D eigenvalue weighted by Crippen LogP contribution is 2.27. The van der Waals surface area contributed by atoms with Crippen molar-refractivity contribution in [2.24, 2.45) is 0 Å². The summed E-state index contributed by atoms with van der Waals surface area (Å²) in [7, 11) is 0. The number of carboxylic acids is 1. The quantitative estimate of drug-likeness (QED) is 0.886. The van der Waals surface area contributed by atoms with E-state index in [0.717, 1.165) is 0 Å². The highest BCUT2D eigenvalue weighted by molar-refractivity contribution is 5.84. The first-order chi connectivity index (χ1) is 9.04. The monoisotopic (exact) mass is 259 g/mol. The number of benzene rings is 2. The topological polar surface area (TPSA) is 49.3 Å². The van der Waals surface area contributed by atoms with Gasteiger partial charge in [0.1, 0.15) is 5.82 Å². The van der Waals surface area contributed by atoms with Crippen LogP contribution in [0.4, 0.5) is 10.1 Å². The molecule has 0 saturated heterocycles. The van der Waals surface area contributed by atoms with Gasteiger partial charge in [0.05, 0.1) is 5.69 Å². The van der Waals surface area contributed by atoms with Gasteiger partial charge in [0.2, 0.25) is 0 Å². The number of para-hydroxylation sites is 1. The highest BCUT2D eigenvalue weighted by Gasteiger charge is 2.35. The number of carboxylic acid groups (broad SMARTS) is 1. The zero-order chi connectivity index (χ0) is 13.9. The summed E-state index contributed by atoms with van der Waals surface area (Å²) < 4.78 is 13.6. The predicted octanol–water partition coefficient (Wildman–Crippen LogP) is 3.24. The van der Waals surface area contributed by atoms with Gasteiger partial charge in [-0.2, -0.15) is 0 Å². The zero-order valence-corrected chi connectivity index (χ0v) is 10.4. The van der Waals surface area contributed by atoms with Gasteiger partial charge in [-0.05, 0) is 24.6 Å². The molecule has 0 amide bonds. The first-order valence-corrected chi connectivity index (χ1v) is 5.85. The van der Waals surface area contributed by atoms with Gasteiger partial charge in [0, 0.05) is 0 Å². The maximum Gasteiger partial charge on any atom is 0.333 e. The summed E-state index contributed by atoms with van der Waals surface area (Å²) >= 11 is 0. The molecule has 2 aromatic carbocycles. The summed E-state index contributed by atoms with van der Waals surface area (Å²) in [6, 6.07) is 14.7. The SMILES string of the molecule is CC(Nc1ccccc1F)(C(=O)O)c1ccccc1. The first kappa shape index (κ1) is 13.1. The summed E-state index contributed by atoms with van der Waals surface area (Å²) in [5, 5.41) is 12.2. The Balaban J connectivity index is 2.42. The maximum atomic E-state index is 13.6. The van der Waals surface area contributed by atoms with E-state index in [1.807, 2.05) is 0 Å². The Morgan fingerprint density at radius 1 is 1.11 bits per heavy atom. The first-order valence-electron chi connectivity index (χ1n) is 5.85. The van der Waals surface area contributed by atoms with E-state index in [-0.39, 0.29) is 5.69 Å². The van der Waals surface area contributed by atoms with Gasteiger partial charge < -0.3 is 10.4 Å². The molecule has 0 fully saturated rings. The molecule has 19 heavy (non-hydrogen) atoms. The molecule has 4 heteroatoms. The minimum absolute atomic E-state index is 0.163. The maximum absolute atomic E-state index is 13.6. The molecule has 3 nitrogen and oxygen atoms in total. The molecule has 0 aromatic heterocycles. The molecule has 0 aliphatic carbocycles. The number of halogens is 1. The van der Waals surface area contributed by atoms with Crippen LogP contribution < -0.4 is 5.32 Å². The van der Waals surface area contributed by atoms with Crippen LogP contribution in [0, 0.1) is 5.82 Å². The van der Waals surface area contributed by atoms with Crippen LogP contribution >= 0.6 is 0 Å². The van der Waals surface area contributed by atoms with Gasteiger partial charge >= 0.3 is 5.97 Å². The molecule has 2 N–H and O–H groups in total. The summed E-state index contributed by atoms with van der Waals surface area (Å²) in [5.74, 6) is -1.55. The van der Waals surface area contributed by atoms with Crippen molar-refractivity contribution in [1.29, 1.82) is 0 Å². The molecular weight excluding hydrogens is 245 g/mol. The van der Waals surface area contributed by atoms with Crippen LogP contribution in [0.2, 0.25) is 0 Å². The van der Waals surface area contributed by atoms with Crippen LogP contribution in [0.1, 0.15) is 12.5 Å². The summed E-state index contributed by atoms with van der Waals surface area (Å²) in [6.45, 7) is 1.51. The fraction of sp³-hybridized carbons (Fsp3) is 0.133. The molecule has 0 aliphatic heterocycles. The largest absolute Gasteiger partial charge is 0.479 e. The van der Waals surface area contributed by atoms with E-state index in [2.05, 4.69) is 5.32 Å². The van der Waals surface area contributed by atoms with E-state index >= 15 is 0 Å². The molecule has 0 radical (unpaired) electrons. The minimum Gasteiger partial charge on any atom is -0.479 e. The van der Waals surface area contributed by atoms with Crippen molar-refractivity contribution in [2.45, 2.75) is 12.5 Å².